The van der Waals surface area contributed by atoms with Gasteiger partial charge in [-0.3, -0.25) is 19.3 Å². The lowest BCUT2D eigenvalue weighted by Gasteiger charge is -2.33. The molecular formula is C27H31N5O6S. The third kappa shape index (κ3) is 5.75. The normalized spacial score (nSPS) is 13.9. The molecule has 39 heavy (non-hydrogen) atoms. The summed E-state index contributed by atoms with van der Waals surface area (Å²) in [6.45, 7) is 0. The summed E-state index contributed by atoms with van der Waals surface area (Å²) in [6, 6.07) is 10.5. The summed E-state index contributed by atoms with van der Waals surface area (Å²) in [7, 11) is 4.53. The number of primary amides is 1. The van der Waals surface area contributed by atoms with E-state index in [1.165, 1.54) is 26.2 Å². The van der Waals surface area contributed by atoms with Crippen molar-refractivity contribution in [3.8, 4) is 17.2 Å². The highest BCUT2D eigenvalue weighted by molar-refractivity contribution is 7.09. The van der Waals surface area contributed by atoms with Crippen LogP contribution in [0.5, 0.6) is 17.2 Å². The molecule has 3 aromatic rings. The first-order chi connectivity index (χ1) is 18.8. The van der Waals surface area contributed by atoms with Crippen molar-refractivity contribution < 1.29 is 28.6 Å². The molecule has 1 aromatic heterocycles. The van der Waals surface area contributed by atoms with Crippen molar-refractivity contribution in [1.29, 1.82) is 0 Å². The number of nitrogens with zero attached hydrogens (tertiary/aromatic N) is 2. The fourth-order valence-corrected chi connectivity index (χ4v) is 5.40. The van der Waals surface area contributed by atoms with Gasteiger partial charge in [0, 0.05) is 23.4 Å². The van der Waals surface area contributed by atoms with E-state index in [9.17, 15) is 14.4 Å². The van der Waals surface area contributed by atoms with Crippen LogP contribution in [0.25, 0.3) is 0 Å². The second kappa shape index (κ2) is 12.0. The Morgan fingerprint density at radius 2 is 1.64 bits per heavy atom. The zero-order valence-corrected chi connectivity index (χ0v) is 22.7. The third-order valence-corrected chi connectivity index (χ3v) is 7.52. The topological polar surface area (TPSA) is 159 Å². The molecule has 206 valence electrons. The smallest absolute Gasteiger partial charge is 0.273 e. The lowest BCUT2D eigenvalue weighted by atomic mass is 10.00. The van der Waals surface area contributed by atoms with Crippen molar-refractivity contribution in [3.63, 3.8) is 0 Å². The predicted molar refractivity (Wildman–Crippen MR) is 148 cm³/mol. The highest BCUT2D eigenvalue weighted by Crippen LogP contribution is 2.38. The van der Waals surface area contributed by atoms with Gasteiger partial charge in [0.1, 0.15) is 28.2 Å². The van der Waals surface area contributed by atoms with Gasteiger partial charge in [0.05, 0.1) is 27.0 Å². The summed E-state index contributed by atoms with van der Waals surface area (Å²) in [4.78, 5) is 41.4. The Labute approximate surface area is 230 Å². The van der Waals surface area contributed by atoms with Crippen LogP contribution in [0.1, 0.15) is 57.4 Å². The fourth-order valence-electron chi connectivity index (χ4n) is 4.66. The maximum Gasteiger partial charge on any atom is 0.273 e. The molecule has 1 saturated carbocycles. The van der Waals surface area contributed by atoms with Gasteiger partial charge in [-0.2, -0.15) is 4.37 Å². The van der Waals surface area contributed by atoms with Crippen molar-refractivity contribution in [2.24, 2.45) is 5.73 Å². The molecule has 0 spiro atoms. The van der Waals surface area contributed by atoms with Crippen LogP contribution in [0.3, 0.4) is 0 Å². The molecule has 0 unspecified atom stereocenters. The van der Waals surface area contributed by atoms with Gasteiger partial charge >= 0.3 is 0 Å². The average molecular weight is 554 g/mol. The molecule has 1 aliphatic rings. The van der Waals surface area contributed by atoms with Gasteiger partial charge in [-0.25, -0.2) is 0 Å². The number of carbonyl (C=O) groups is 3. The monoisotopic (exact) mass is 553 g/mol. The molecule has 0 radical (unpaired) electrons. The lowest BCUT2D eigenvalue weighted by Crippen LogP contribution is -2.46. The van der Waals surface area contributed by atoms with E-state index in [-0.39, 0.29) is 22.3 Å². The Kier molecular flexibility index (Phi) is 8.55. The van der Waals surface area contributed by atoms with E-state index >= 15 is 0 Å². The summed E-state index contributed by atoms with van der Waals surface area (Å²) in [5.74, 6) is -0.451. The Morgan fingerprint density at radius 1 is 1.00 bits per heavy atom. The van der Waals surface area contributed by atoms with E-state index in [4.69, 9.17) is 25.7 Å². The number of nitrogen functional groups attached to an aromatic ring is 1. The van der Waals surface area contributed by atoms with Crippen molar-refractivity contribution in [1.82, 2.24) is 9.69 Å². The molecule has 11 nitrogen and oxygen atoms in total. The Balaban J connectivity index is 1.91. The predicted octanol–water partition coefficient (Wildman–Crippen LogP) is 3.30. The van der Waals surface area contributed by atoms with Gasteiger partial charge in [-0.15, -0.1) is 0 Å². The molecule has 1 fully saturated rings. The number of carbonyl (C=O) groups excluding carboxylic acids is 3. The lowest BCUT2D eigenvalue weighted by molar-refractivity contribution is -0.123. The van der Waals surface area contributed by atoms with Crippen LogP contribution in [-0.4, -0.2) is 49.5 Å². The molecule has 2 aromatic carbocycles. The quantitative estimate of drug-likeness (QED) is 0.345. The molecular weight excluding hydrogens is 522 g/mol. The van der Waals surface area contributed by atoms with E-state index in [1.54, 1.807) is 42.5 Å². The number of nitrogens with two attached hydrogens (primary N) is 2. The van der Waals surface area contributed by atoms with Gasteiger partial charge in [-0.05, 0) is 60.8 Å². The molecule has 1 aliphatic carbocycles. The van der Waals surface area contributed by atoms with Crippen molar-refractivity contribution in [2.75, 3.05) is 32.0 Å². The number of nitrogens with one attached hydrogen (secondary N) is 1. The van der Waals surface area contributed by atoms with Gasteiger partial charge in [0.15, 0.2) is 5.69 Å². The number of hydrogen-bond acceptors (Lipinski definition) is 9. The Bertz CT molecular complexity index is 1350. The van der Waals surface area contributed by atoms with Crippen molar-refractivity contribution >= 4 is 40.6 Å². The van der Waals surface area contributed by atoms with Crippen LogP contribution < -0.4 is 35.9 Å². The second-order valence-corrected chi connectivity index (χ2v) is 9.79. The van der Waals surface area contributed by atoms with E-state index in [2.05, 4.69) is 9.69 Å². The first kappa shape index (κ1) is 27.7. The molecule has 5 N–H and O–H groups in total. The van der Waals surface area contributed by atoms with E-state index < -0.39 is 23.8 Å². The number of aromatic nitrogens is 1. The van der Waals surface area contributed by atoms with Gasteiger partial charge in [0.25, 0.3) is 11.8 Å². The number of hydrogen-bond donors (Lipinski definition) is 3. The van der Waals surface area contributed by atoms with E-state index in [1.807, 2.05) is 0 Å². The Morgan fingerprint density at radius 3 is 2.21 bits per heavy atom. The third-order valence-electron chi connectivity index (χ3n) is 6.67. The van der Waals surface area contributed by atoms with Crippen molar-refractivity contribution in [3.05, 3.63) is 58.6 Å². The molecule has 0 bridgehead atoms. The summed E-state index contributed by atoms with van der Waals surface area (Å²) >= 11 is 0.742. The largest absolute Gasteiger partial charge is 0.497 e. The first-order valence-electron chi connectivity index (χ1n) is 12.3. The maximum absolute atomic E-state index is 14.2. The molecule has 1 atom stereocenters. The fraction of sp³-hybridized carbons (Fsp3) is 0.333. The maximum atomic E-state index is 14.2. The molecule has 0 aliphatic heterocycles. The van der Waals surface area contributed by atoms with E-state index in [0.29, 0.717) is 28.5 Å². The number of benzene rings is 2. The van der Waals surface area contributed by atoms with Crippen molar-refractivity contribution in [2.45, 2.75) is 37.8 Å². The summed E-state index contributed by atoms with van der Waals surface area (Å²) in [5, 5.41) is 3.11. The number of methoxy groups -OCH3 is 3. The number of amides is 3. The minimum Gasteiger partial charge on any atom is -0.497 e. The van der Waals surface area contributed by atoms with E-state index in [0.717, 1.165) is 37.2 Å². The summed E-state index contributed by atoms with van der Waals surface area (Å²) in [5.41, 5.74) is 12.0. The minimum atomic E-state index is -1.18. The number of anilines is 2. The molecule has 4 rings (SSSR count). The number of ether oxygens (including phenoxy) is 3. The minimum absolute atomic E-state index is 0.0213. The van der Waals surface area contributed by atoms with Gasteiger partial charge < -0.3 is 31.0 Å². The first-order valence-corrected chi connectivity index (χ1v) is 13.1. The highest BCUT2D eigenvalue weighted by atomic mass is 32.1. The van der Waals surface area contributed by atoms with Crippen LogP contribution in [-0.2, 0) is 4.79 Å². The highest BCUT2D eigenvalue weighted by Gasteiger charge is 2.38. The second-order valence-electron chi connectivity index (χ2n) is 9.01. The molecule has 1 heterocycles. The zero-order valence-electron chi connectivity index (χ0n) is 21.9. The summed E-state index contributed by atoms with van der Waals surface area (Å²) in [6.07, 6.45) is 3.71. The van der Waals surface area contributed by atoms with Crippen LogP contribution in [0, 0.1) is 0 Å². The van der Waals surface area contributed by atoms with Crippen LogP contribution in [0.2, 0.25) is 0 Å². The molecule has 3 amide bonds. The van der Waals surface area contributed by atoms with Crippen LogP contribution >= 0.6 is 11.5 Å². The molecule has 12 heteroatoms. The van der Waals surface area contributed by atoms with Crippen LogP contribution in [0.4, 0.5) is 11.4 Å². The zero-order chi connectivity index (χ0) is 28.1. The average Bonchev–Trinajstić information content (AvgIpc) is 3.60. The molecule has 0 saturated heterocycles. The standard InChI is InChI=1S/C27H31N5O6S/c1-36-17-10-8-16(9-11-17)32(27(35)24-21(28)22(25(29)33)31-39-24)23(26(34)30-15-6-4-5-7-15)19-13-12-18(37-2)14-20(19)38-3/h8-15,23H,4-7,28H2,1-3H3,(H2,29,33)(H,30,34)/t23-/m0/s1. The number of rotatable bonds is 10. The van der Waals surface area contributed by atoms with Gasteiger partial charge in [-0.1, -0.05) is 12.8 Å². The Hall–Kier alpha value is -4.32. The SMILES string of the molecule is COc1ccc(N(C(=O)c2snc(C(N)=O)c2N)[C@H](C(=O)NC2CCCC2)c2ccc(OC)cc2OC)cc1. The van der Waals surface area contributed by atoms with Crippen LogP contribution in [0.15, 0.2) is 42.5 Å². The van der Waals surface area contributed by atoms with Gasteiger partial charge in [0.2, 0.25) is 5.91 Å². The summed E-state index contributed by atoms with van der Waals surface area (Å²) < 4.78 is 20.3.